The molecule has 0 saturated carbocycles. The van der Waals surface area contributed by atoms with Crippen LogP contribution < -0.4 is 0 Å². The molecular formula is C35H24N2O. The van der Waals surface area contributed by atoms with Crippen molar-refractivity contribution in [2.75, 3.05) is 0 Å². The van der Waals surface area contributed by atoms with Gasteiger partial charge in [-0.25, -0.2) is 9.97 Å². The number of fused-ring (bicyclic) bond motifs is 7. The third-order valence-corrected chi connectivity index (χ3v) is 8.09. The van der Waals surface area contributed by atoms with Gasteiger partial charge in [0, 0.05) is 32.7 Å². The van der Waals surface area contributed by atoms with Crippen LogP contribution in [0.5, 0.6) is 0 Å². The first-order valence-corrected chi connectivity index (χ1v) is 13.0. The van der Waals surface area contributed by atoms with Crippen molar-refractivity contribution in [3.05, 3.63) is 120 Å². The van der Waals surface area contributed by atoms with Crippen LogP contribution in [0.25, 0.3) is 66.6 Å². The van der Waals surface area contributed by atoms with E-state index in [4.69, 9.17) is 14.4 Å². The molecule has 0 N–H and O–H groups in total. The molecule has 3 nitrogen and oxygen atoms in total. The molecule has 0 spiro atoms. The first-order valence-electron chi connectivity index (χ1n) is 13.0. The van der Waals surface area contributed by atoms with Crippen LogP contribution in [0.3, 0.4) is 0 Å². The molecule has 0 aliphatic heterocycles. The van der Waals surface area contributed by atoms with E-state index in [0.29, 0.717) is 5.82 Å². The largest absolute Gasteiger partial charge is 0.455 e. The molecule has 0 atom stereocenters. The summed E-state index contributed by atoms with van der Waals surface area (Å²) in [5.74, 6) is 0.713. The van der Waals surface area contributed by atoms with E-state index < -0.39 is 0 Å². The van der Waals surface area contributed by atoms with Crippen LogP contribution in [-0.2, 0) is 5.41 Å². The van der Waals surface area contributed by atoms with Gasteiger partial charge >= 0.3 is 0 Å². The first-order chi connectivity index (χ1) is 18.6. The highest BCUT2D eigenvalue weighted by atomic mass is 16.3. The molecule has 0 radical (unpaired) electrons. The maximum atomic E-state index is 6.68. The number of para-hydroxylation sites is 2. The molecule has 1 aliphatic carbocycles. The summed E-state index contributed by atoms with van der Waals surface area (Å²) in [6.45, 7) is 4.63. The van der Waals surface area contributed by atoms with Gasteiger partial charge in [-0.3, -0.25) is 0 Å². The van der Waals surface area contributed by atoms with Gasteiger partial charge in [-0.05, 0) is 46.5 Å². The molecule has 180 valence electrons. The maximum Gasteiger partial charge on any atom is 0.160 e. The molecular weight excluding hydrogens is 464 g/mol. The van der Waals surface area contributed by atoms with Gasteiger partial charge in [0.1, 0.15) is 11.2 Å². The molecule has 8 rings (SSSR count). The molecule has 0 unspecified atom stereocenters. The van der Waals surface area contributed by atoms with Crippen molar-refractivity contribution in [2.45, 2.75) is 19.3 Å². The normalized spacial score (nSPS) is 13.7. The fourth-order valence-electron chi connectivity index (χ4n) is 6.18. The lowest BCUT2D eigenvalue weighted by Crippen LogP contribution is -2.14. The highest BCUT2D eigenvalue weighted by Crippen LogP contribution is 2.51. The van der Waals surface area contributed by atoms with Gasteiger partial charge in [-0.1, -0.05) is 98.8 Å². The summed E-state index contributed by atoms with van der Waals surface area (Å²) in [6, 6.07) is 38.0. The second-order valence-corrected chi connectivity index (χ2v) is 10.6. The Morgan fingerprint density at radius 2 is 1.32 bits per heavy atom. The molecule has 2 aromatic heterocycles. The Labute approximate surface area is 220 Å². The molecule has 5 aromatic carbocycles. The molecule has 3 heteroatoms. The van der Waals surface area contributed by atoms with E-state index in [0.717, 1.165) is 49.7 Å². The van der Waals surface area contributed by atoms with Crippen molar-refractivity contribution in [2.24, 2.45) is 0 Å². The predicted molar refractivity (Wildman–Crippen MR) is 155 cm³/mol. The minimum Gasteiger partial charge on any atom is -0.455 e. The second kappa shape index (κ2) is 7.62. The Kier molecular flexibility index (Phi) is 4.28. The molecule has 38 heavy (non-hydrogen) atoms. The van der Waals surface area contributed by atoms with Gasteiger partial charge in [0.15, 0.2) is 5.82 Å². The standard InChI is InChI=1S/C35H24N2O/c1-35(2)28-17-8-6-13-22(28)26-20-31-27(19-29(26)35)23-15-10-16-25(33(23)38-31)32-24-14-7-9-18-30(24)36-34(37-32)21-11-4-3-5-12-21/h3-20H,1-2H3. The van der Waals surface area contributed by atoms with Gasteiger partial charge in [0.2, 0.25) is 0 Å². The fourth-order valence-corrected chi connectivity index (χ4v) is 6.18. The predicted octanol–water partition coefficient (Wildman–Crippen LogP) is 9.17. The average molecular weight is 489 g/mol. The van der Waals surface area contributed by atoms with Crippen LogP contribution in [0.2, 0.25) is 0 Å². The van der Waals surface area contributed by atoms with Crippen molar-refractivity contribution in [3.63, 3.8) is 0 Å². The monoisotopic (exact) mass is 488 g/mol. The lowest BCUT2D eigenvalue weighted by atomic mass is 9.82. The highest BCUT2D eigenvalue weighted by molar-refractivity contribution is 6.12. The van der Waals surface area contributed by atoms with Crippen LogP contribution >= 0.6 is 0 Å². The van der Waals surface area contributed by atoms with Gasteiger partial charge < -0.3 is 4.42 Å². The van der Waals surface area contributed by atoms with Gasteiger partial charge in [-0.2, -0.15) is 0 Å². The molecule has 2 heterocycles. The fraction of sp³-hybridized carbons (Fsp3) is 0.0857. The zero-order valence-corrected chi connectivity index (χ0v) is 21.2. The van der Waals surface area contributed by atoms with E-state index in [1.54, 1.807) is 0 Å². The number of nitrogens with zero attached hydrogens (tertiary/aromatic N) is 2. The maximum absolute atomic E-state index is 6.68. The third kappa shape index (κ3) is 2.90. The number of hydrogen-bond acceptors (Lipinski definition) is 3. The van der Waals surface area contributed by atoms with E-state index >= 15 is 0 Å². The summed E-state index contributed by atoms with van der Waals surface area (Å²) in [6.07, 6.45) is 0. The number of furan rings is 1. The van der Waals surface area contributed by atoms with Crippen molar-refractivity contribution in [3.8, 4) is 33.8 Å². The van der Waals surface area contributed by atoms with E-state index in [1.165, 1.54) is 22.3 Å². The minimum absolute atomic E-state index is 0.0608. The van der Waals surface area contributed by atoms with Gasteiger partial charge in [0.25, 0.3) is 0 Å². The van der Waals surface area contributed by atoms with Gasteiger partial charge in [-0.15, -0.1) is 0 Å². The van der Waals surface area contributed by atoms with E-state index in [-0.39, 0.29) is 5.41 Å². The molecule has 0 fully saturated rings. The third-order valence-electron chi connectivity index (χ3n) is 8.09. The second-order valence-electron chi connectivity index (χ2n) is 10.6. The smallest absolute Gasteiger partial charge is 0.160 e. The highest BCUT2D eigenvalue weighted by Gasteiger charge is 2.36. The van der Waals surface area contributed by atoms with E-state index in [2.05, 4.69) is 92.7 Å². The van der Waals surface area contributed by atoms with Crippen molar-refractivity contribution >= 4 is 32.8 Å². The zero-order valence-electron chi connectivity index (χ0n) is 21.2. The molecule has 1 aliphatic rings. The number of rotatable bonds is 2. The lowest BCUT2D eigenvalue weighted by Gasteiger charge is -2.21. The quantitative estimate of drug-likeness (QED) is 0.243. The zero-order chi connectivity index (χ0) is 25.4. The summed E-state index contributed by atoms with van der Waals surface area (Å²) in [5.41, 5.74) is 10.8. The summed E-state index contributed by atoms with van der Waals surface area (Å²) in [4.78, 5) is 10.00. The number of aromatic nitrogens is 2. The van der Waals surface area contributed by atoms with Crippen LogP contribution in [0.4, 0.5) is 0 Å². The summed E-state index contributed by atoms with van der Waals surface area (Å²) in [7, 11) is 0. The average Bonchev–Trinajstić information content (AvgIpc) is 3.44. The summed E-state index contributed by atoms with van der Waals surface area (Å²) >= 11 is 0. The molecule has 0 amide bonds. The minimum atomic E-state index is -0.0608. The van der Waals surface area contributed by atoms with Crippen LogP contribution in [0, 0.1) is 0 Å². The Bertz CT molecular complexity index is 2050. The Morgan fingerprint density at radius 3 is 2.21 bits per heavy atom. The summed E-state index contributed by atoms with van der Waals surface area (Å²) in [5, 5.41) is 3.26. The van der Waals surface area contributed by atoms with E-state index in [9.17, 15) is 0 Å². The van der Waals surface area contributed by atoms with Gasteiger partial charge in [0.05, 0.1) is 11.2 Å². The van der Waals surface area contributed by atoms with Crippen LogP contribution in [-0.4, -0.2) is 9.97 Å². The molecule has 7 aromatic rings. The van der Waals surface area contributed by atoms with E-state index in [1.807, 2.05) is 30.3 Å². The number of benzene rings is 5. The topological polar surface area (TPSA) is 38.9 Å². The molecule has 0 bridgehead atoms. The summed E-state index contributed by atoms with van der Waals surface area (Å²) < 4.78 is 6.68. The van der Waals surface area contributed by atoms with Crippen molar-refractivity contribution in [1.82, 2.24) is 9.97 Å². The Hall–Kier alpha value is -4.76. The Morgan fingerprint density at radius 1 is 0.579 bits per heavy atom. The number of hydrogen-bond donors (Lipinski definition) is 0. The SMILES string of the molecule is CC1(C)c2ccccc2-c2cc3oc4c(-c5nc(-c6ccccc6)nc6ccccc56)cccc4c3cc21. The first kappa shape index (κ1) is 21.3. The van der Waals surface area contributed by atoms with Crippen molar-refractivity contribution < 1.29 is 4.42 Å². The van der Waals surface area contributed by atoms with Crippen LogP contribution in [0.15, 0.2) is 114 Å². The van der Waals surface area contributed by atoms with Crippen LogP contribution in [0.1, 0.15) is 25.0 Å². The Balaban J connectivity index is 1.42. The molecule has 0 saturated heterocycles. The van der Waals surface area contributed by atoms with Crippen molar-refractivity contribution in [1.29, 1.82) is 0 Å². The lowest BCUT2D eigenvalue weighted by molar-refractivity contribution is 0.658.